The van der Waals surface area contributed by atoms with Crippen LogP contribution in [-0.4, -0.2) is 30.5 Å². The summed E-state index contributed by atoms with van der Waals surface area (Å²) in [6.07, 6.45) is 0.861. The van der Waals surface area contributed by atoms with Crippen molar-refractivity contribution in [2.45, 2.75) is 13.3 Å². The first-order valence-corrected chi connectivity index (χ1v) is 9.92. The van der Waals surface area contributed by atoms with Crippen LogP contribution in [0.4, 0.5) is 0 Å². The number of rotatable bonds is 7. The molecule has 0 aliphatic heterocycles. The highest BCUT2D eigenvalue weighted by Gasteiger charge is 2.15. The fraction of sp³-hybridized carbons (Fsp3) is 0.190. The van der Waals surface area contributed by atoms with Gasteiger partial charge in [-0.15, -0.1) is 11.3 Å². The Balaban J connectivity index is 1.62. The van der Waals surface area contributed by atoms with E-state index in [1.165, 1.54) is 18.4 Å². The van der Waals surface area contributed by atoms with Gasteiger partial charge in [0.1, 0.15) is 10.7 Å². The molecule has 3 aromatic rings. The zero-order chi connectivity index (χ0) is 20.6. The predicted octanol–water partition coefficient (Wildman–Crippen LogP) is 3.68. The van der Waals surface area contributed by atoms with Crippen molar-refractivity contribution in [2.75, 3.05) is 13.7 Å². The van der Waals surface area contributed by atoms with Crippen molar-refractivity contribution in [3.05, 3.63) is 65.2 Å². The molecule has 1 aromatic heterocycles. The minimum Gasteiger partial charge on any atom is -0.493 e. The fourth-order valence-corrected chi connectivity index (χ4v) is 3.29. The Bertz CT molecular complexity index is 989. The predicted molar refractivity (Wildman–Crippen MR) is 111 cm³/mol. The number of carbonyl (C=O) groups excluding carboxylic acids is 2. The second kappa shape index (κ2) is 9.70. The van der Waals surface area contributed by atoms with Gasteiger partial charge in [0.25, 0.3) is 11.8 Å². The zero-order valence-electron chi connectivity index (χ0n) is 16.1. The van der Waals surface area contributed by atoms with E-state index in [4.69, 9.17) is 9.47 Å². The lowest BCUT2D eigenvalue weighted by molar-refractivity contribution is 0.0844. The lowest BCUT2D eigenvalue weighted by Crippen LogP contribution is -2.41. The smallest absolute Gasteiger partial charge is 0.289 e. The number of amides is 2. The molecule has 0 spiro atoms. The highest BCUT2D eigenvalue weighted by Crippen LogP contribution is 2.28. The van der Waals surface area contributed by atoms with E-state index in [9.17, 15) is 9.59 Å². The lowest BCUT2D eigenvalue weighted by Gasteiger charge is -2.12. The minimum absolute atomic E-state index is 0.232. The highest BCUT2D eigenvalue weighted by molar-refractivity contribution is 7.13. The topological polar surface area (TPSA) is 89.6 Å². The van der Waals surface area contributed by atoms with E-state index < -0.39 is 11.8 Å². The zero-order valence-corrected chi connectivity index (χ0v) is 16.9. The van der Waals surface area contributed by atoms with Crippen LogP contribution >= 0.6 is 11.3 Å². The molecular weight excluding hydrogens is 390 g/mol. The fourth-order valence-electron chi connectivity index (χ4n) is 2.48. The minimum atomic E-state index is -0.494. The van der Waals surface area contributed by atoms with Crippen LogP contribution < -0.4 is 20.3 Å². The van der Waals surface area contributed by atoms with E-state index >= 15 is 0 Å². The molecule has 0 atom stereocenters. The summed E-state index contributed by atoms with van der Waals surface area (Å²) in [5.41, 5.74) is 6.26. The van der Waals surface area contributed by atoms with Gasteiger partial charge in [0.15, 0.2) is 11.5 Å². The summed E-state index contributed by atoms with van der Waals surface area (Å²) in [7, 11) is 1.50. The molecule has 0 radical (unpaired) electrons. The van der Waals surface area contributed by atoms with E-state index in [1.807, 2.05) is 37.3 Å². The SMILES string of the molecule is CCCOc1ccc(C(=O)NNC(=O)c2csc(-c3ccccc3)n2)cc1OC. The average molecular weight is 411 g/mol. The van der Waals surface area contributed by atoms with Crippen LogP contribution in [0.1, 0.15) is 34.2 Å². The number of aromatic nitrogens is 1. The van der Waals surface area contributed by atoms with E-state index in [0.29, 0.717) is 23.7 Å². The first-order chi connectivity index (χ1) is 14.1. The van der Waals surface area contributed by atoms with Crippen molar-refractivity contribution in [1.82, 2.24) is 15.8 Å². The quantitative estimate of drug-likeness (QED) is 0.579. The molecular formula is C21H21N3O4S. The second-order valence-corrected chi connectivity index (χ2v) is 6.88. The number of ether oxygens (including phenoxy) is 2. The highest BCUT2D eigenvalue weighted by atomic mass is 32.1. The number of methoxy groups -OCH3 is 1. The largest absolute Gasteiger partial charge is 0.493 e. The van der Waals surface area contributed by atoms with Gasteiger partial charge in [-0.25, -0.2) is 4.98 Å². The molecule has 0 aliphatic rings. The summed E-state index contributed by atoms with van der Waals surface area (Å²) >= 11 is 1.36. The third-order valence-electron chi connectivity index (χ3n) is 3.93. The normalized spacial score (nSPS) is 10.3. The Morgan fingerprint density at radius 1 is 1.03 bits per heavy atom. The molecule has 3 rings (SSSR count). The molecule has 8 heteroatoms. The third-order valence-corrected chi connectivity index (χ3v) is 4.83. The van der Waals surface area contributed by atoms with E-state index in [1.54, 1.807) is 23.6 Å². The maximum absolute atomic E-state index is 12.4. The molecule has 7 nitrogen and oxygen atoms in total. The third kappa shape index (κ3) is 5.11. The van der Waals surface area contributed by atoms with Gasteiger partial charge in [0.05, 0.1) is 13.7 Å². The Hall–Kier alpha value is -3.39. The number of hydrogen-bond donors (Lipinski definition) is 2. The number of thiazole rings is 1. The van der Waals surface area contributed by atoms with Gasteiger partial charge in [-0.2, -0.15) is 0 Å². The van der Waals surface area contributed by atoms with Crippen LogP contribution in [0.5, 0.6) is 11.5 Å². The van der Waals surface area contributed by atoms with Gasteiger partial charge in [-0.1, -0.05) is 37.3 Å². The van der Waals surface area contributed by atoms with Gasteiger partial charge in [-0.05, 0) is 24.6 Å². The van der Waals surface area contributed by atoms with Crippen molar-refractivity contribution in [2.24, 2.45) is 0 Å². The summed E-state index contributed by atoms with van der Waals surface area (Å²) < 4.78 is 10.8. The Morgan fingerprint density at radius 2 is 1.79 bits per heavy atom. The van der Waals surface area contributed by atoms with Gasteiger partial charge in [0.2, 0.25) is 0 Å². The molecule has 0 saturated carbocycles. The molecule has 1 heterocycles. The van der Waals surface area contributed by atoms with E-state index in [0.717, 1.165) is 17.0 Å². The summed E-state index contributed by atoms with van der Waals surface area (Å²) in [6, 6.07) is 14.4. The van der Waals surface area contributed by atoms with Gasteiger partial charge in [-0.3, -0.25) is 20.4 Å². The van der Waals surface area contributed by atoms with Crippen LogP contribution in [0.25, 0.3) is 10.6 Å². The Morgan fingerprint density at radius 3 is 2.52 bits per heavy atom. The molecule has 0 bridgehead atoms. The Labute approximate surface area is 172 Å². The molecule has 2 aromatic carbocycles. The van der Waals surface area contributed by atoms with Crippen LogP contribution in [0.15, 0.2) is 53.9 Å². The molecule has 29 heavy (non-hydrogen) atoms. The number of hydrazine groups is 1. The van der Waals surface area contributed by atoms with E-state index in [2.05, 4.69) is 15.8 Å². The molecule has 0 aliphatic carbocycles. The van der Waals surface area contributed by atoms with Crippen molar-refractivity contribution in [3.8, 4) is 22.1 Å². The molecule has 150 valence electrons. The molecule has 2 N–H and O–H groups in total. The van der Waals surface area contributed by atoms with Crippen LogP contribution in [0, 0.1) is 0 Å². The van der Waals surface area contributed by atoms with Crippen molar-refractivity contribution in [3.63, 3.8) is 0 Å². The van der Waals surface area contributed by atoms with Gasteiger partial charge in [0, 0.05) is 16.5 Å². The summed E-state index contributed by atoms with van der Waals surface area (Å²) in [4.78, 5) is 29.0. The van der Waals surface area contributed by atoms with Gasteiger partial charge >= 0.3 is 0 Å². The number of hydrogen-bond acceptors (Lipinski definition) is 6. The second-order valence-electron chi connectivity index (χ2n) is 6.03. The molecule has 0 fully saturated rings. The summed E-state index contributed by atoms with van der Waals surface area (Å²) in [5.74, 6) is 0.0409. The van der Waals surface area contributed by atoms with Gasteiger partial charge < -0.3 is 9.47 Å². The average Bonchev–Trinajstić information content (AvgIpc) is 3.26. The monoisotopic (exact) mass is 411 g/mol. The van der Waals surface area contributed by atoms with Crippen LogP contribution in [0.3, 0.4) is 0 Å². The number of carbonyl (C=O) groups is 2. The van der Waals surface area contributed by atoms with Crippen molar-refractivity contribution < 1.29 is 19.1 Å². The summed E-state index contributed by atoms with van der Waals surface area (Å²) in [5, 5.41) is 2.38. The molecule has 2 amide bonds. The maximum Gasteiger partial charge on any atom is 0.289 e. The number of benzene rings is 2. The van der Waals surface area contributed by atoms with Crippen molar-refractivity contribution >= 4 is 23.2 Å². The Kier molecular flexibility index (Phi) is 6.80. The van der Waals surface area contributed by atoms with Crippen molar-refractivity contribution in [1.29, 1.82) is 0 Å². The first-order valence-electron chi connectivity index (χ1n) is 9.04. The summed E-state index contributed by atoms with van der Waals surface area (Å²) in [6.45, 7) is 2.55. The molecule has 0 unspecified atom stereocenters. The standard InChI is InChI=1S/C21H21N3O4S/c1-3-11-28-17-10-9-15(12-18(17)27-2)19(25)23-24-20(26)16-13-29-21(22-16)14-7-5-4-6-8-14/h4-10,12-13H,3,11H2,1-2H3,(H,23,25)(H,24,26). The molecule has 0 saturated heterocycles. The number of nitrogens with one attached hydrogen (secondary N) is 2. The lowest BCUT2D eigenvalue weighted by atomic mass is 10.2. The van der Waals surface area contributed by atoms with Crippen LogP contribution in [0.2, 0.25) is 0 Å². The number of nitrogens with zero attached hydrogens (tertiary/aromatic N) is 1. The van der Waals surface area contributed by atoms with E-state index in [-0.39, 0.29) is 5.69 Å². The van der Waals surface area contributed by atoms with Crippen LogP contribution in [-0.2, 0) is 0 Å². The maximum atomic E-state index is 12.4. The first kappa shape index (κ1) is 20.3.